The van der Waals surface area contributed by atoms with Gasteiger partial charge in [-0.1, -0.05) is 40.0 Å². The summed E-state index contributed by atoms with van der Waals surface area (Å²) in [5.41, 5.74) is 5.91. The van der Waals surface area contributed by atoms with Crippen molar-refractivity contribution in [1.29, 1.82) is 0 Å². The predicted molar refractivity (Wildman–Crippen MR) is 68.0 cm³/mol. The number of hydrogen-bond donors (Lipinski definition) is 3. The van der Waals surface area contributed by atoms with Crippen molar-refractivity contribution in [1.82, 2.24) is 0 Å². The molecule has 0 amide bonds. The molecule has 0 aliphatic rings. The highest BCUT2D eigenvalue weighted by atomic mass is 35.5. The first-order valence-corrected chi connectivity index (χ1v) is 5.47. The Labute approximate surface area is 108 Å². The summed E-state index contributed by atoms with van der Waals surface area (Å²) < 4.78 is 0. The number of halogens is 3. The van der Waals surface area contributed by atoms with Crippen LogP contribution >= 0.6 is 34.8 Å². The maximum Gasteiger partial charge on any atom is 0.161 e. The van der Waals surface area contributed by atoms with Gasteiger partial charge in [-0.25, -0.2) is 0 Å². The lowest BCUT2D eigenvalue weighted by Crippen LogP contribution is -2.33. The van der Waals surface area contributed by atoms with Crippen LogP contribution in [-0.2, 0) is 0 Å². The van der Waals surface area contributed by atoms with Gasteiger partial charge in [-0.15, -0.1) is 0 Å². The van der Waals surface area contributed by atoms with Gasteiger partial charge in [-0.3, -0.25) is 0 Å². The van der Waals surface area contributed by atoms with Crippen molar-refractivity contribution in [2.75, 3.05) is 5.32 Å². The molecule has 4 nitrogen and oxygen atoms in total. The van der Waals surface area contributed by atoms with Crippen molar-refractivity contribution >= 4 is 46.3 Å². The van der Waals surface area contributed by atoms with E-state index in [1.54, 1.807) is 19.1 Å². The third-order valence-corrected chi connectivity index (χ3v) is 2.74. The molecule has 1 atom stereocenters. The third-order valence-electron chi connectivity index (χ3n) is 1.93. The predicted octanol–water partition coefficient (Wildman–Crippen LogP) is 3.19. The summed E-state index contributed by atoms with van der Waals surface area (Å²) in [6, 6.07) is 2.70. The van der Waals surface area contributed by atoms with Crippen LogP contribution < -0.4 is 11.1 Å². The van der Waals surface area contributed by atoms with Crippen LogP contribution in [0.5, 0.6) is 0 Å². The first kappa shape index (κ1) is 13.2. The van der Waals surface area contributed by atoms with Crippen LogP contribution in [0.1, 0.15) is 6.92 Å². The summed E-state index contributed by atoms with van der Waals surface area (Å²) in [4.78, 5) is 0. The second-order valence-electron chi connectivity index (χ2n) is 3.14. The largest absolute Gasteiger partial charge is 0.409 e. The number of nitrogens with one attached hydrogen (secondary N) is 1. The zero-order valence-electron chi connectivity index (χ0n) is 8.34. The van der Waals surface area contributed by atoms with Crippen LogP contribution in [0, 0.1) is 0 Å². The van der Waals surface area contributed by atoms with Crippen LogP contribution in [0.2, 0.25) is 15.1 Å². The molecule has 1 rings (SSSR count). The maximum atomic E-state index is 8.50. The minimum Gasteiger partial charge on any atom is -0.409 e. The molecule has 0 radical (unpaired) electrons. The molecule has 4 N–H and O–H groups in total. The Morgan fingerprint density at radius 2 is 1.88 bits per heavy atom. The molecule has 0 saturated heterocycles. The average Bonchev–Trinajstić information content (AvgIpc) is 2.21. The van der Waals surface area contributed by atoms with Crippen LogP contribution in [0.3, 0.4) is 0 Å². The fourth-order valence-corrected chi connectivity index (χ4v) is 1.98. The van der Waals surface area contributed by atoms with E-state index >= 15 is 0 Å². The Morgan fingerprint density at radius 1 is 1.38 bits per heavy atom. The van der Waals surface area contributed by atoms with Gasteiger partial charge >= 0.3 is 0 Å². The summed E-state index contributed by atoms with van der Waals surface area (Å²) >= 11 is 17.7. The molecule has 0 spiro atoms. The van der Waals surface area contributed by atoms with Crippen LogP contribution in [0.25, 0.3) is 0 Å². The van der Waals surface area contributed by atoms with E-state index in [1.165, 1.54) is 0 Å². The quantitative estimate of drug-likeness (QED) is 0.345. The number of nitrogens with two attached hydrogens (primary N) is 1. The molecule has 0 aliphatic heterocycles. The normalized spacial score (nSPS) is 13.6. The van der Waals surface area contributed by atoms with Gasteiger partial charge in [0.25, 0.3) is 0 Å². The Morgan fingerprint density at radius 3 is 2.31 bits per heavy atom. The molecule has 7 heteroatoms. The van der Waals surface area contributed by atoms with Gasteiger partial charge in [0.15, 0.2) is 5.84 Å². The lowest BCUT2D eigenvalue weighted by atomic mass is 10.2. The van der Waals surface area contributed by atoms with Gasteiger partial charge in [-0.05, 0) is 19.1 Å². The molecule has 0 bridgehead atoms. The standard InChI is InChI=1S/C9H10Cl3N3O/c1-4(9(13)15-16)14-8-6(11)2-5(10)3-7(8)12/h2-4,14,16H,1H3,(H2,13,15). The third kappa shape index (κ3) is 3.07. The molecular weight excluding hydrogens is 272 g/mol. The zero-order valence-corrected chi connectivity index (χ0v) is 10.6. The summed E-state index contributed by atoms with van der Waals surface area (Å²) in [5, 5.41) is 15.5. The highest BCUT2D eigenvalue weighted by Crippen LogP contribution is 2.33. The van der Waals surface area contributed by atoms with Gasteiger partial charge in [0, 0.05) is 5.02 Å². The van der Waals surface area contributed by atoms with E-state index in [0.717, 1.165) is 0 Å². The average molecular weight is 283 g/mol. The Balaban J connectivity index is 2.98. The number of rotatable bonds is 3. The van der Waals surface area contributed by atoms with E-state index in [0.29, 0.717) is 20.8 Å². The van der Waals surface area contributed by atoms with Crippen LogP contribution in [0.15, 0.2) is 17.3 Å². The van der Waals surface area contributed by atoms with Gasteiger partial charge in [0.1, 0.15) is 0 Å². The Kier molecular flexibility index (Phi) is 4.53. The summed E-state index contributed by atoms with van der Waals surface area (Å²) in [6.07, 6.45) is 0. The first-order chi connectivity index (χ1) is 7.45. The Bertz CT molecular complexity index is 399. The minimum absolute atomic E-state index is 0.0297. The summed E-state index contributed by atoms with van der Waals surface area (Å²) in [6.45, 7) is 1.70. The molecule has 1 unspecified atom stereocenters. The zero-order chi connectivity index (χ0) is 12.3. The lowest BCUT2D eigenvalue weighted by molar-refractivity contribution is 0.316. The molecule has 0 saturated carbocycles. The van der Waals surface area contributed by atoms with Gasteiger partial charge in [-0.2, -0.15) is 0 Å². The van der Waals surface area contributed by atoms with E-state index < -0.39 is 6.04 Å². The van der Waals surface area contributed by atoms with Crippen molar-refractivity contribution in [3.8, 4) is 0 Å². The lowest BCUT2D eigenvalue weighted by Gasteiger charge is -2.16. The molecule has 16 heavy (non-hydrogen) atoms. The molecule has 0 heterocycles. The number of oxime groups is 1. The summed E-state index contributed by atoms with van der Waals surface area (Å²) in [7, 11) is 0. The number of benzene rings is 1. The number of anilines is 1. The smallest absolute Gasteiger partial charge is 0.161 e. The number of nitrogens with zero attached hydrogens (tertiary/aromatic N) is 1. The van der Waals surface area contributed by atoms with Crippen molar-refractivity contribution in [2.45, 2.75) is 13.0 Å². The van der Waals surface area contributed by atoms with Crippen LogP contribution in [0.4, 0.5) is 5.69 Å². The molecular formula is C9H10Cl3N3O. The minimum atomic E-state index is -0.402. The molecule has 0 fully saturated rings. The van der Waals surface area contributed by atoms with E-state index in [4.69, 9.17) is 45.7 Å². The van der Waals surface area contributed by atoms with Gasteiger partial charge in [0.05, 0.1) is 21.8 Å². The second kappa shape index (κ2) is 5.48. The highest BCUT2D eigenvalue weighted by molar-refractivity contribution is 6.41. The number of amidine groups is 1. The van der Waals surface area contributed by atoms with Crippen LogP contribution in [-0.4, -0.2) is 17.1 Å². The van der Waals surface area contributed by atoms with Gasteiger partial charge in [0.2, 0.25) is 0 Å². The monoisotopic (exact) mass is 281 g/mol. The number of hydrogen-bond acceptors (Lipinski definition) is 3. The molecule has 0 aliphatic carbocycles. The van der Waals surface area contributed by atoms with E-state index in [1.807, 2.05) is 0 Å². The fraction of sp³-hybridized carbons (Fsp3) is 0.222. The van der Waals surface area contributed by atoms with Gasteiger partial charge < -0.3 is 16.3 Å². The molecule has 88 valence electrons. The summed E-state index contributed by atoms with van der Waals surface area (Å²) in [5.74, 6) is 0.0297. The first-order valence-electron chi connectivity index (χ1n) is 4.34. The fourth-order valence-electron chi connectivity index (χ4n) is 1.06. The van der Waals surface area contributed by atoms with Crippen molar-refractivity contribution in [2.24, 2.45) is 10.9 Å². The van der Waals surface area contributed by atoms with E-state index in [2.05, 4.69) is 10.5 Å². The maximum absolute atomic E-state index is 8.50. The van der Waals surface area contributed by atoms with E-state index in [9.17, 15) is 0 Å². The molecule has 1 aromatic rings. The Hall–Kier alpha value is -0.840. The topological polar surface area (TPSA) is 70.6 Å². The van der Waals surface area contributed by atoms with Crippen molar-refractivity contribution in [3.63, 3.8) is 0 Å². The van der Waals surface area contributed by atoms with Crippen molar-refractivity contribution < 1.29 is 5.21 Å². The van der Waals surface area contributed by atoms with E-state index in [-0.39, 0.29) is 5.84 Å². The highest BCUT2D eigenvalue weighted by Gasteiger charge is 2.13. The molecule has 1 aromatic carbocycles. The van der Waals surface area contributed by atoms with Crippen molar-refractivity contribution in [3.05, 3.63) is 27.2 Å². The second-order valence-corrected chi connectivity index (χ2v) is 4.39. The SMILES string of the molecule is CC(Nc1c(Cl)cc(Cl)cc1Cl)C(N)=NO. The molecule has 0 aromatic heterocycles.